The van der Waals surface area contributed by atoms with Crippen LogP contribution in [0.1, 0.15) is 10.4 Å². The van der Waals surface area contributed by atoms with Crippen LogP contribution in [0.2, 0.25) is 0 Å². The molecule has 3 nitrogen and oxygen atoms in total. The minimum Gasteiger partial charge on any atom is -0.478 e. The number of benzene rings is 2. The van der Waals surface area contributed by atoms with E-state index in [4.69, 9.17) is 17.3 Å². The number of para-hydroxylation sites is 1. The highest BCUT2D eigenvalue weighted by molar-refractivity contribution is 7.73. The molecule has 0 aliphatic heterocycles. The number of nitrogens with one attached hydrogen (secondary N) is 1. The van der Waals surface area contributed by atoms with Gasteiger partial charge in [0.1, 0.15) is 0 Å². The summed E-state index contributed by atoms with van der Waals surface area (Å²) in [6.45, 7) is 0. The SMILES string of the molecule is O=C(O)c1ccccc1.S=c1[nH]c2ccccc2s1. The van der Waals surface area contributed by atoms with Crippen molar-refractivity contribution in [2.45, 2.75) is 0 Å². The van der Waals surface area contributed by atoms with Gasteiger partial charge in [0.2, 0.25) is 0 Å². The number of H-pyrrole nitrogens is 1. The topological polar surface area (TPSA) is 53.1 Å². The first-order chi connectivity index (χ1) is 9.16. The number of carbonyl (C=O) groups is 1. The van der Waals surface area contributed by atoms with Gasteiger partial charge in [0.25, 0.3) is 0 Å². The molecule has 96 valence electrons. The number of rotatable bonds is 1. The fourth-order valence-electron chi connectivity index (χ4n) is 1.47. The highest BCUT2D eigenvalue weighted by Gasteiger charge is 1.96. The second kappa shape index (κ2) is 6.26. The molecule has 19 heavy (non-hydrogen) atoms. The lowest BCUT2D eigenvalue weighted by Crippen LogP contribution is -1.93. The monoisotopic (exact) mass is 289 g/mol. The lowest BCUT2D eigenvalue weighted by molar-refractivity contribution is 0.0697. The van der Waals surface area contributed by atoms with Crippen LogP contribution >= 0.6 is 23.6 Å². The van der Waals surface area contributed by atoms with E-state index in [1.807, 2.05) is 18.2 Å². The van der Waals surface area contributed by atoms with Gasteiger partial charge in [-0.1, -0.05) is 30.3 Å². The number of hydrogen-bond acceptors (Lipinski definition) is 3. The fraction of sp³-hybridized carbons (Fsp3) is 0. The zero-order valence-electron chi connectivity index (χ0n) is 9.87. The fourth-order valence-corrected chi connectivity index (χ4v) is 2.59. The van der Waals surface area contributed by atoms with Gasteiger partial charge >= 0.3 is 5.97 Å². The van der Waals surface area contributed by atoms with Gasteiger partial charge in [-0.05, 0) is 36.5 Å². The van der Waals surface area contributed by atoms with Crippen LogP contribution in [0.4, 0.5) is 0 Å². The molecule has 0 atom stereocenters. The Bertz CT molecular complexity index is 696. The molecule has 0 fully saturated rings. The van der Waals surface area contributed by atoms with E-state index in [0.29, 0.717) is 5.56 Å². The first-order valence-corrected chi connectivity index (χ1v) is 6.75. The predicted molar refractivity (Wildman–Crippen MR) is 80.4 cm³/mol. The van der Waals surface area contributed by atoms with Crippen LogP contribution in [-0.4, -0.2) is 16.1 Å². The van der Waals surface area contributed by atoms with Crippen molar-refractivity contribution in [3.05, 3.63) is 64.1 Å². The van der Waals surface area contributed by atoms with Crippen molar-refractivity contribution in [3.63, 3.8) is 0 Å². The third kappa shape index (κ3) is 3.74. The molecule has 1 heterocycles. The molecule has 0 spiro atoms. The Kier molecular flexibility index (Phi) is 4.43. The van der Waals surface area contributed by atoms with Crippen molar-refractivity contribution in [3.8, 4) is 0 Å². The normalized spacial score (nSPS) is 9.68. The first kappa shape index (κ1) is 13.5. The standard InChI is InChI=1S/C7H5NS2.C7H6O2/c9-7-8-5-3-1-2-4-6(5)10-7;8-7(9)6-4-2-1-3-5-6/h1-4H,(H,8,9);1-5H,(H,8,9). The van der Waals surface area contributed by atoms with E-state index in [1.165, 1.54) is 4.70 Å². The minimum atomic E-state index is -0.879. The molecule has 1 aromatic heterocycles. The molecule has 0 bridgehead atoms. The average Bonchev–Trinajstić information content (AvgIpc) is 2.80. The van der Waals surface area contributed by atoms with Gasteiger partial charge in [0, 0.05) is 0 Å². The Hall–Kier alpha value is -1.98. The second-order valence-electron chi connectivity index (χ2n) is 3.68. The van der Waals surface area contributed by atoms with Crippen LogP contribution in [0, 0.1) is 3.95 Å². The van der Waals surface area contributed by atoms with Crippen molar-refractivity contribution in [2.24, 2.45) is 0 Å². The molecule has 3 aromatic rings. The van der Waals surface area contributed by atoms with E-state index in [9.17, 15) is 4.79 Å². The molecule has 2 N–H and O–H groups in total. The van der Waals surface area contributed by atoms with E-state index >= 15 is 0 Å². The molecule has 2 aromatic carbocycles. The maximum absolute atomic E-state index is 10.2. The Labute approximate surface area is 119 Å². The lowest BCUT2D eigenvalue weighted by Gasteiger charge is -1.88. The molecule has 0 saturated carbocycles. The number of aromatic amines is 1. The molecular weight excluding hydrogens is 278 g/mol. The maximum Gasteiger partial charge on any atom is 0.335 e. The van der Waals surface area contributed by atoms with Gasteiger partial charge < -0.3 is 10.1 Å². The van der Waals surface area contributed by atoms with E-state index in [2.05, 4.69) is 11.1 Å². The zero-order chi connectivity index (χ0) is 13.7. The summed E-state index contributed by atoms with van der Waals surface area (Å²) in [4.78, 5) is 13.3. The first-order valence-electron chi connectivity index (χ1n) is 5.53. The molecule has 0 amide bonds. The number of fused-ring (bicyclic) bond motifs is 1. The molecule has 0 unspecified atom stereocenters. The molecule has 0 radical (unpaired) electrons. The predicted octanol–water partition coefficient (Wildman–Crippen LogP) is 4.34. The van der Waals surface area contributed by atoms with Crippen LogP contribution in [-0.2, 0) is 0 Å². The number of hydrogen-bond donors (Lipinski definition) is 2. The quantitative estimate of drug-likeness (QED) is 0.655. The number of aromatic carboxylic acids is 1. The van der Waals surface area contributed by atoms with Gasteiger partial charge in [-0.2, -0.15) is 0 Å². The summed E-state index contributed by atoms with van der Waals surface area (Å²) >= 11 is 6.59. The summed E-state index contributed by atoms with van der Waals surface area (Å²) < 4.78 is 2.08. The summed E-state index contributed by atoms with van der Waals surface area (Å²) in [6, 6.07) is 16.4. The largest absolute Gasteiger partial charge is 0.478 e. The number of carboxylic acid groups (broad SMARTS) is 1. The van der Waals surface area contributed by atoms with Gasteiger partial charge in [0.05, 0.1) is 15.8 Å². The molecule has 3 rings (SSSR count). The number of carboxylic acids is 1. The molecule has 5 heteroatoms. The lowest BCUT2D eigenvalue weighted by atomic mass is 10.2. The third-order valence-electron chi connectivity index (χ3n) is 2.35. The van der Waals surface area contributed by atoms with Gasteiger partial charge in [-0.3, -0.25) is 0 Å². The van der Waals surface area contributed by atoms with E-state index in [1.54, 1.807) is 41.7 Å². The number of aromatic nitrogens is 1. The molecular formula is C14H11NO2S2. The Morgan fingerprint density at radius 1 is 1.05 bits per heavy atom. The van der Waals surface area contributed by atoms with Crippen molar-refractivity contribution in [1.82, 2.24) is 4.98 Å². The Balaban J connectivity index is 0.000000141. The van der Waals surface area contributed by atoms with Gasteiger partial charge in [0.15, 0.2) is 3.95 Å². The van der Waals surface area contributed by atoms with E-state index in [0.717, 1.165) is 9.47 Å². The minimum absolute atomic E-state index is 0.331. The van der Waals surface area contributed by atoms with Crippen LogP contribution in [0.25, 0.3) is 10.2 Å². The van der Waals surface area contributed by atoms with E-state index < -0.39 is 5.97 Å². The van der Waals surface area contributed by atoms with Crippen LogP contribution in [0.3, 0.4) is 0 Å². The highest BCUT2D eigenvalue weighted by Crippen LogP contribution is 2.17. The zero-order valence-corrected chi connectivity index (χ0v) is 11.5. The molecule has 0 saturated heterocycles. The summed E-state index contributed by atoms with van der Waals surface area (Å²) in [5.41, 5.74) is 1.47. The van der Waals surface area contributed by atoms with Crippen molar-refractivity contribution in [1.29, 1.82) is 0 Å². The summed E-state index contributed by atoms with van der Waals surface area (Å²) in [6.07, 6.45) is 0. The Morgan fingerprint density at radius 2 is 1.68 bits per heavy atom. The van der Waals surface area contributed by atoms with Gasteiger partial charge in [-0.25, -0.2) is 4.79 Å². The van der Waals surface area contributed by atoms with Crippen molar-refractivity contribution in [2.75, 3.05) is 0 Å². The molecule has 0 aliphatic carbocycles. The van der Waals surface area contributed by atoms with Crippen molar-refractivity contribution >= 4 is 39.7 Å². The van der Waals surface area contributed by atoms with Crippen molar-refractivity contribution < 1.29 is 9.90 Å². The Morgan fingerprint density at radius 3 is 2.26 bits per heavy atom. The van der Waals surface area contributed by atoms with Crippen LogP contribution in [0.15, 0.2) is 54.6 Å². The van der Waals surface area contributed by atoms with Crippen LogP contribution in [0.5, 0.6) is 0 Å². The maximum atomic E-state index is 10.2. The summed E-state index contributed by atoms with van der Waals surface area (Å²) in [5, 5.41) is 8.38. The summed E-state index contributed by atoms with van der Waals surface area (Å²) in [7, 11) is 0. The summed E-state index contributed by atoms with van der Waals surface area (Å²) in [5.74, 6) is -0.879. The molecule has 0 aliphatic rings. The van der Waals surface area contributed by atoms with Crippen LogP contribution < -0.4 is 0 Å². The van der Waals surface area contributed by atoms with E-state index in [-0.39, 0.29) is 0 Å². The second-order valence-corrected chi connectivity index (χ2v) is 5.40. The third-order valence-corrected chi connectivity index (χ3v) is 3.56. The van der Waals surface area contributed by atoms with Gasteiger partial charge in [-0.15, -0.1) is 11.3 Å². The highest BCUT2D eigenvalue weighted by atomic mass is 32.1. The number of thiazole rings is 1. The average molecular weight is 289 g/mol. The smallest absolute Gasteiger partial charge is 0.335 e.